The molecule has 0 radical (unpaired) electrons. The first-order chi connectivity index (χ1) is 8.00. The SMILES string of the molecule is C=C(C)COCCNC(=O)c1cc(C)oc1C. The summed E-state index contributed by atoms with van der Waals surface area (Å²) in [5.74, 6) is 1.26. The van der Waals surface area contributed by atoms with Gasteiger partial charge in [-0.15, -0.1) is 0 Å². The van der Waals surface area contributed by atoms with Crippen molar-refractivity contribution >= 4 is 5.91 Å². The van der Waals surface area contributed by atoms with E-state index in [1.165, 1.54) is 0 Å². The number of hydrogen-bond donors (Lipinski definition) is 1. The summed E-state index contributed by atoms with van der Waals surface area (Å²) < 4.78 is 10.6. The van der Waals surface area contributed by atoms with Gasteiger partial charge in [0.1, 0.15) is 11.5 Å². The lowest BCUT2D eigenvalue weighted by molar-refractivity contribution is 0.0925. The van der Waals surface area contributed by atoms with Gasteiger partial charge in [0.2, 0.25) is 0 Å². The molecule has 0 saturated heterocycles. The summed E-state index contributed by atoms with van der Waals surface area (Å²) in [7, 11) is 0. The Bertz CT molecular complexity index is 407. The van der Waals surface area contributed by atoms with Crippen LogP contribution in [0.4, 0.5) is 0 Å². The van der Waals surface area contributed by atoms with Crippen LogP contribution < -0.4 is 5.32 Å². The first-order valence-corrected chi connectivity index (χ1v) is 5.58. The van der Waals surface area contributed by atoms with Crippen molar-refractivity contribution in [2.24, 2.45) is 0 Å². The fraction of sp³-hybridized carbons (Fsp3) is 0.462. The van der Waals surface area contributed by atoms with Gasteiger partial charge in [-0.05, 0) is 26.8 Å². The number of amides is 1. The van der Waals surface area contributed by atoms with Crippen molar-refractivity contribution < 1.29 is 13.9 Å². The second-order valence-corrected chi connectivity index (χ2v) is 4.09. The molecule has 0 spiro atoms. The minimum absolute atomic E-state index is 0.127. The number of carbonyl (C=O) groups excluding carboxylic acids is 1. The summed E-state index contributed by atoms with van der Waals surface area (Å²) in [6, 6.07) is 1.74. The summed E-state index contributed by atoms with van der Waals surface area (Å²) in [5.41, 5.74) is 1.56. The van der Waals surface area contributed by atoms with E-state index in [9.17, 15) is 4.79 Å². The number of ether oxygens (including phenoxy) is 1. The number of hydrogen-bond acceptors (Lipinski definition) is 3. The van der Waals surface area contributed by atoms with Gasteiger partial charge >= 0.3 is 0 Å². The molecular weight excluding hydrogens is 218 g/mol. The van der Waals surface area contributed by atoms with E-state index < -0.39 is 0 Å². The number of carbonyl (C=O) groups is 1. The highest BCUT2D eigenvalue weighted by Gasteiger charge is 2.12. The van der Waals surface area contributed by atoms with E-state index in [0.29, 0.717) is 31.1 Å². The molecule has 1 amide bonds. The van der Waals surface area contributed by atoms with Crippen LogP contribution in [0.25, 0.3) is 0 Å². The fourth-order valence-corrected chi connectivity index (χ4v) is 1.43. The zero-order valence-corrected chi connectivity index (χ0v) is 10.6. The van der Waals surface area contributed by atoms with Crippen molar-refractivity contribution in [1.29, 1.82) is 0 Å². The normalized spacial score (nSPS) is 10.3. The third kappa shape index (κ3) is 4.44. The van der Waals surface area contributed by atoms with Crippen LogP contribution >= 0.6 is 0 Å². The summed E-state index contributed by atoms with van der Waals surface area (Å²) >= 11 is 0. The smallest absolute Gasteiger partial charge is 0.254 e. The molecule has 0 aliphatic rings. The maximum absolute atomic E-state index is 11.7. The van der Waals surface area contributed by atoms with Crippen molar-refractivity contribution in [2.45, 2.75) is 20.8 Å². The van der Waals surface area contributed by atoms with Gasteiger partial charge in [0.25, 0.3) is 5.91 Å². The molecular formula is C13H19NO3. The van der Waals surface area contributed by atoms with Crippen LogP contribution in [0.1, 0.15) is 28.8 Å². The molecule has 94 valence electrons. The molecule has 17 heavy (non-hydrogen) atoms. The molecule has 0 fully saturated rings. The highest BCUT2D eigenvalue weighted by atomic mass is 16.5. The first-order valence-electron chi connectivity index (χ1n) is 5.58. The van der Waals surface area contributed by atoms with Gasteiger partial charge in [-0.1, -0.05) is 12.2 Å². The van der Waals surface area contributed by atoms with Crippen LogP contribution in [-0.2, 0) is 4.74 Å². The molecule has 0 aromatic carbocycles. The van der Waals surface area contributed by atoms with Crippen molar-refractivity contribution in [3.63, 3.8) is 0 Å². The Hall–Kier alpha value is -1.55. The summed E-state index contributed by atoms with van der Waals surface area (Å²) in [4.78, 5) is 11.7. The van der Waals surface area contributed by atoms with Crippen LogP contribution in [0, 0.1) is 13.8 Å². The molecule has 1 aromatic rings. The van der Waals surface area contributed by atoms with E-state index in [1.54, 1.807) is 13.0 Å². The predicted molar refractivity (Wildman–Crippen MR) is 66.1 cm³/mol. The van der Waals surface area contributed by atoms with E-state index in [1.807, 2.05) is 13.8 Å². The largest absolute Gasteiger partial charge is 0.466 e. The van der Waals surface area contributed by atoms with E-state index in [-0.39, 0.29) is 5.91 Å². The zero-order chi connectivity index (χ0) is 12.8. The van der Waals surface area contributed by atoms with Gasteiger partial charge in [-0.3, -0.25) is 4.79 Å². The molecule has 0 unspecified atom stereocenters. The van der Waals surface area contributed by atoms with Crippen LogP contribution in [0.3, 0.4) is 0 Å². The van der Waals surface area contributed by atoms with Crippen molar-refractivity contribution in [3.8, 4) is 0 Å². The van der Waals surface area contributed by atoms with Gasteiger partial charge in [0.15, 0.2) is 0 Å². The quantitative estimate of drug-likeness (QED) is 0.609. The Labute approximate surface area is 102 Å². The number of aryl methyl sites for hydroxylation is 2. The summed E-state index contributed by atoms with van der Waals surface area (Å²) in [6.07, 6.45) is 0. The van der Waals surface area contributed by atoms with Gasteiger partial charge in [-0.25, -0.2) is 0 Å². The van der Waals surface area contributed by atoms with Crippen LogP contribution in [-0.4, -0.2) is 25.7 Å². The van der Waals surface area contributed by atoms with Crippen molar-refractivity contribution in [3.05, 3.63) is 35.3 Å². The highest BCUT2D eigenvalue weighted by molar-refractivity contribution is 5.95. The standard InChI is InChI=1S/C13H19NO3/c1-9(2)8-16-6-5-14-13(15)12-7-10(3)17-11(12)4/h7H,1,5-6,8H2,2-4H3,(H,14,15). The second-order valence-electron chi connectivity index (χ2n) is 4.09. The number of rotatable bonds is 6. The molecule has 0 aliphatic heterocycles. The maximum atomic E-state index is 11.7. The lowest BCUT2D eigenvalue weighted by atomic mass is 10.2. The predicted octanol–water partition coefficient (Wildman–Crippen LogP) is 2.22. The molecule has 0 atom stereocenters. The van der Waals surface area contributed by atoms with Gasteiger partial charge < -0.3 is 14.5 Å². The maximum Gasteiger partial charge on any atom is 0.254 e. The molecule has 1 N–H and O–H groups in total. The zero-order valence-electron chi connectivity index (χ0n) is 10.6. The van der Waals surface area contributed by atoms with Crippen LogP contribution in [0.5, 0.6) is 0 Å². The van der Waals surface area contributed by atoms with E-state index >= 15 is 0 Å². The highest BCUT2D eigenvalue weighted by Crippen LogP contribution is 2.12. The number of nitrogens with one attached hydrogen (secondary N) is 1. The van der Waals surface area contributed by atoms with Gasteiger partial charge in [-0.2, -0.15) is 0 Å². The molecule has 1 heterocycles. The Balaban J connectivity index is 2.30. The minimum atomic E-state index is -0.127. The number of furan rings is 1. The lowest BCUT2D eigenvalue weighted by Crippen LogP contribution is -2.27. The molecule has 1 rings (SSSR count). The monoisotopic (exact) mass is 237 g/mol. The fourth-order valence-electron chi connectivity index (χ4n) is 1.43. The Morgan fingerprint density at radius 2 is 2.24 bits per heavy atom. The molecule has 0 bridgehead atoms. The summed E-state index contributed by atoms with van der Waals surface area (Å²) in [6.45, 7) is 10.7. The average molecular weight is 237 g/mol. The van der Waals surface area contributed by atoms with Crippen molar-refractivity contribution in [2.75, 3.05) is 19.8 Å². The Morgan fingerprint density at radius 1 is 1.53 bits per heavy atom. The third-order valence-electron chi connectivity index (χ3n) is 2.17. The Kier molecular flexibility index (Phi) is 4.97. The Morgan fingerprint density at radius 3 is 2.76 bits per heavy atom. The molecule has 1 aromatic heterocycles. The molecule has 4 heteroatoms. The van der Waals surface area contributed by atoms with Gasteiger partial charge in [0.05, 0.1) is 18.8 Å². The van der Waals surface area contributed by atoms with Gasteiger partial charge in [0, 0.05) is 6.54 Å². The summed E-state index contributed by atoms with van der Waals surface area (Å²) in [5, 5.41) is 2.77. The first kappa shape index (κ1) is 13.5. The average Bonchev–Trinajstić information content (AvgIpc) is 2.56. The van der Waals surface area contributed by atoms with E-state index in [4.69, 9.17) is 9.15 Å². The third-order valence-corrected chi connectivity index (χ3v) is 2.17. The van der Waals surface area contributed by atoms with Crippen LogP contribution in [0.15, 0.2) is 22.6 Å². The topological polar surface area (TPSA) is 51.5 Å². The minimum Gasteiger partial charge on any atom is -0.466 e. The van der Waals surface area contributed by atoms with Crippen molar-refractivity contribution in [1.82, 2.24) is 5.32 Å². The molecule has 4 nitrogen and oxygen atoms in total. The lowest BCUT2D eigenvalue weighted by Gasteiger charge is -2.05. The van der Waals surface area contributed by atoms with E-state index in [0.717, 1.165) is 11.3 Å². The molecule has 0 saturated carbocycles. The van der Waals surface area contributed by atoms with E-state index in [2.05, 4.69) is 11.9 Å². The second kappa shape index (κ2) is 6.25. The van der Waals surface area contributed by atoms with Crippen LogP contribution in [0.2, 0.25) is 0 Å². The molecule has 0 aliphatic carbocycles.